The number of rotatable bonds is 5. The summed E-state index contributed by atoms with van der Waals surface area (Å²) < 4.78 is 5.78. The SMILES string of the molecule is NC(=S)c1cccc(OCCC2CCCCC2)c1. The molecule has 0 unspecified atom stereocenters. The van der Waals surface area contributed by atoms with Gasteiger partial charge in [-0.25, -0.2) is 0 Å². The molecule has 1 aliphatic rings. The Morgan fingerprint density at radius 3 is 2.78 bits per heavy atom. The summed E-state index contributed by atoms with van der Waals surface area (Å²) in [7, 11) is 0. The van der Waals surface area contributed by atoms with Crippen molar-refractivity contribution in [3.05, 3.63) is 29.8 Å². The first-order valence-corrected chi connectivity index (χ1v) is 7.19. The number of hydrogen-bond acceptors (Lipinski definition) is 2. The summed E-state index contributed by atoms with van der Waals surface area (Å²) in [5, 5.41) is 0. The van der Waals surface area contributed by atoms with Crippen molar-refractivity contribution in [1.82, 2.24) is 0 Å². The molecule has 18 heavy (non-hydrogen) atoms. The third-order valence-corrected chi connectivity index (χ3v) is 3.87. The maximum atomic E-state index is 5.78. The van der Waals surface area contributed by atoms with E-state index in [0.29, 0.717) is 4.99 Å². The highest BCUT2D eigenvalue weighted by Crippen LogP contribution is 2.26. The lowest BCUT2D eigenvalue weighted by Gasteiger charge is -2.21. The molecule has 0 saturated heterocycles. The second-order valence-electron chi connectivity index (χ2n) is 5.03. The molecule has 0 radical (unpaired) electrons. The van der Waals surface area contributed by atoms with Crippen molar-refractivity contribution in [1.29, 1.82) is 0 Å². The van der Waals surface area contributed by atoms with Gasteiger partial charge in [0.1, 0.15) is 10.7 Å². The van der Waals surface area contributed by atoms with E-state index in [0.717, 1.165) is 30.3 Å². The highest BCUT2D eigenvalue weighted by Gasteiger charge is 2.13. The minimum absolute atomic E-state index is 0.424. The molecule has 1 aliphatic carbocycles. The van der Waals surface area contributed by atoms with Crippen LogP contribution in [0.4, 0.5) is 0 Å². The van der Waals surface area contributed by atoms with Crippen molar-refractivity contribution in [3.8, 4) is 5.75 Å². The predicted molar refractivity (Wildman–Crippen MR) is 79.0 cm³/mol. The Kier molecular flexibility index (Phi) is 5.00. The van der Waals surface area contributed by atoms with Crippen LogP contribution >= 0.6 is 12.2 Å². The van der Waals surface area contributed by atoms with Gasteiger partial charge in [0, 0.05) is 5.56 Å². The van der Waals surface area contributed by atoms with Crippen molar-refractivity contribution in [3.63, 3.8) is 0 Å². The fraction of sp³-hybridized carbons (Fsp3) is 0.533. The summed E-state index contributed by atoms with van der Waals surface area (Å²) >= 11 is 4.96. The Morgan fingerprint density at radius 1 is 1.28 bits per heavy atom. The predicted octanol–water partition coefficient (Wildman–Crippen LogP) is 3.67. The van der Waals surface area contributed by atoms with E-state index in [-0.39, 0.29) is 0 Å². The highest BCUT2D eigenvalue weighted by atomic mass is 32.1. The van der Waals surface area contributed by atoms with Gasteiger partial charge in [-0.2, -0.15) is 0 Å². The van der Waals surface area contributed by atoms with Gasteiger partial charge < -0.3 is 10.5 Å². The van der Waals surface area contributed by atoms with Gasteiger partial charge in [-0.15, -0.1) is 0 Å². The van der Waals surface area contributed by atoms with E-state index in [1.54, 1.807) is 0 Å². The Hall–Kier alpha value is -1.09. The molecule has 1 saturated carbocycles. The van der Waals surface area contributed by atoms with E-state index < -0.39 is 0 Å². The number of nitrogens with two attached hydrogens (primary N) is 1. The zero-order chi connectivity index (χ0) is 12.8. The van der Waals surface area contributed by atoms with Crippen LogP contribution in [0, 0.1) is 5.92 Å². The van der Waals surface area contributed by atoms with Crippen LogP contribution in [0.2, 0.25) is 0 Å². The maximum Gasteiger partial charge on any atom is 0.119 e. The van der Waals surface area contributed by atoms with Gasteiger partial charge in [0.25, 0.3) is 0 Å². The van der Waals surface area contributed by atoms with E-state index in [1.807, 2.05) is 24.3 Å². The molecule has 2 N–H and O–H groups in total. The van der Waals surface area contributed by atoms with Crippen LogP contribution in [-0.2, 0) is 0 Å². The van der Waals surface area contributed by atoms with Gasteiger partial charge in [0.15, 0.2) is 0 Å². The Bertz CT molecular complexity index is 399. The standard InChI is InChI=1S/C15H21NOS/c16-15(18)13-7-4-8-14(11-13)17-10-9-12-5-2-1-3-6-12/h4,7-8,11-12H,1-3,5-6,9-10H2,(H2,16,18). The van der Waals surface area contributed by atoms with Gasteiger partial charge in [-0.05, 0) is 24.5 Å². The lowest BCUT2D eigenvalue weighted by Crippen LogP contribution is -2.11. The molecule has 2 rings (SSSR count). The molecule has 0 atom stereocenters. The van der Waals surface area contributed by atoms with E-state index in [2.05, 4.69) is 0 Å². The molecule has 0 spiro atoms. The van der Waals surface area contributed by atoms with Gasteiger partial charge in [-0.3, -0.25) is 0 Å². The van der Waals surface area contributed by atoms with Crippen LogP contribution in [0.5, 0.6) is 5.75 Å². The first-order valence-electron chi connectivity index (χ1n) is 6.78. The molecule has 0 bridgehead atoms. The summed E-state index contributed by atoms with van der Waals surface area (Å²) in [5.41, 5.74) is 6.48. The van der Waals surface area contributed by atoms with E-state index in [9.17, 15) is 0 Å². The smallest absolute Gasteiger partial charge is 0.119 e. The Labute approximate surface area is 115 Å². The molecule has 1 aromatic rings. The molecule has 0 aromatic heterocycles. The summed E-state index contributed by atoms with van der Waals surface area (Å²) in [6.07, 6.45) is 8.10. The lowest BCUT2D eigenvalue weighted by molar-refractivity contribution is 0.246. The number of benzene rings is 1. The molecule has 0 heterocycles. The minimum Gasteiger partial charge on any atom is -0.494 e. The first-order chi connectivity index (χ1) is 8.75. The molecule has 2 nitrogen and oxygen atoms in total. The molecule has 98 valence electrons. The maximum absolute atomic E-state index is 5.78. The van der Waals surface area contributed by atoms with Gasteiger partial charge in [-0.1, -0.05) is 56.5 Å². The van der Waals surface area contributed by atoms with Crippen LogP contribution in [0.1, 0.15) is 44.1 Å². The lowest BCUT2D eigenvalue weighted by atomic mass is 9.87. The van der Waals surface area contributed by atoms with Crippen molar-refractivity contribution < 1.29 is 4.74 Å². The average molecular weight is 263 g/mol. The van der Waals surface area contributed by atoms with Crippen molar-refractivity contribution in [2.45, 2.75) is 38.5 Å². The van der Waals surface area contributed by atoms with Crippen LogP contribution in [0.3, 0.4) is 0 Å². The van der Waals surface area contributed by atoms with Crippen molar-refractivity contribution >= 4 is 17.2 Å². The fourth-order valence-corrected chi connectivity index (χ4v) is 2.69. The average Bonchev–Trinajstić information content (AvgIpc) is 2.40. The third-order valence-electron chi connectivity index (χ3n) is 3.64. The van der Waals surface area contributed by atoms with Crippen LogP contribution < -0.4 is 10.5 Å². The van der Waals surface area contributed by atoms with Crippen molar-refractivity contribution in [2.75, 3.05) is 6.61 Å². The van der Waals surface area contributed by atoms with Crippen LogP contribution in [-0.4, -0.2) is 11.6 Å². The van der Waals surface area contributed by atoms with Gasteiger partial charge >= 0.3 is 0 Å². The molecule has 0 amide bonds. The largest absolute Gasteiger partial charge is 0.494 e. The quantitative estimate of drug-likeness (QED) is 0.823. The third kappa shape index (κ3) is 3.98. The number of hydrogen-bond donors (Lipinski definition) is 1. The molecule has 1 aromatic carbocycles. The minimum atomic E-state index is 0.424. The van der Waals surface area contributed by atoms with E-state index >= 15 is 0 Å². The Balaban J connectivity index is 1.78. The molecular formula is C15H21NOS. The second-order valence-corrected chi connectivity index (χ2v) is 5.47. The summed E-state index contributed by atoms with van der Waals surface area (Å²) in [4.78, 5) is 0.424. The number of ether oxygens (including phenoxy) is 1. The van der Waals surface area contributed by atoms with Crippen molar-refractivity contribution in [2.24, 2.45) is 11.7 Å². The Morgan fingerprint density at radius 2 is 2.06 bits per heavy atom. The van der Waals surface area contributed by atoms with Crippen LogP contribution in [0.15, 0.2) is 24.3 Å². The highest BCUT2D eigenvalue weighted by molar-refractivity contribution is 7.80. The van der Waals surface area contributed by atoms with Gasteiger partial charge in [0.2, 0.25) is 0 Å². The fourth-order valence-electron chi connectivity index (χ4n) is 2.56. The van der Waals surface area contributed by atoms with E-state index in [4.69, 9.17) is 22.7 Å². The van der Waals surface area contributed by atoms with Crippen LogP contribution in [0.25, 0.3) is 0 Å². The van der Waals surface area contributed by atoms with E-state index in [1.165, 1.54) is 32.1 Å². The monoisotopic (exact) mass is 263 g/mol. The number of thiocarbonyl (C=S) groups is 1. The molecule has 3 heteroatoms. The first kappa shape index (κ1) is 13.3. The van der Waals surface area contributed by atoms with Gasteiger partial charge in [0.05, 0.1) is 6.61 Å². The molecule has 1 fully saturated rings. The summed E-state index contributed by atoms with van der Waals surface area (Å²) in [6.45, 7) is 0.797. The normalized spacial score (nSPS) is 16.4. The zero-order valence-electron chi connectivity index (χ0n) is 10.7. The molecule has 0 aliphatic heterocycles. The summed E-state index contributed by atoms with van der Waals surface area (Å²) in [6, 6.07) is 7.73. The second kappa shape index (κ2) is 6.74. The summed E-state index contributed by atoms with van der Waals surface area (Å²) in [5.74, 6) is 1.73. The zero-order valence-corrected chi connectivity index (χ0v) is 11.5. The topological polar surface area (TPSA) is 35.2 Å². The molecular weight excluding hydrogens is 242 g/mol.